The number of aromatic nitrogens is 1. The first kappa shape index (κ1) is 13.7. The Hall–Kier alpha value is -0.410. The lowest BCUT2D eigenvalue weighted by atomic mass is 9.92. The van der Waals surface area contributed by atoms with E-state index in [2.05, 4.69) is 45.0 Å². The van der Waals surface area contributed by atoms with Crippen LogP contribution in [0.15, 0.2) is 5.38 Å². The Morgan fingerprint density at radius 2 is 1.94 bits per heavy atom. The lowest BCUT2D eigenvalue weighted by Crippen LogP contribution is -2.38. The van der Waals surface area contributed by atoms with Crippen LogP contribution in [-0.2, 0) is 11.8 Å². The minimum Gasteiger partial charge on any atom is -0.325 e. The van der Waals surface area contributed by atoms with Gasteiger partial charge in [0.1, 0.15) is 0 Å². The quantitative estimate of drug-likeness (QED) is 0.875. The summed E-state index contributed by atoms with van der Waals surface area (Å²) in [5.74, 6) is 0. The van der Waals surface area contributed by atoms with Gasteiger partial charge in [-0.1, -0.05) is 34.1 Å². The van der Waals surface area contributed by atoms with Crippen LogP contribution < -0.4 is 5.73 Å². The molecule has 0 saturated heterocycles. The zero-order valence-electron chi connectivity index (χ0n) is 11.1. The van der Waals surface area contributed by atoms with E-state index in [4.69, 9.17) is 5.73 Å². The van der Waals surface area contributed by atoms with Crippen LogP contribution in [-0.4, -0.2) is 10.5 Å². The molecule has 0 aliphatic carbocycles. The van der Waals surface area contributed by atoms with E-state index >= 15 is 0 Å². The molecule has 0 bridgehead atoms. The van der Waals surface area contributed by atoms with Crippen LogP contribution in [0.25, 0.3) is 0 Å². The standard InChI is InChI=1S/C13H24N2S/c1-6-7-13(5,14)8-11-15-10(9-16-11)12(2,3)4/h9H,6-8,14H2,1-5H3. The Morgan fingerprint density at radius 1 is 1.31 bits per heavy atom. The summed E-state index contributed by atoms with van der Waals surface area (Å²) < 4.78 is 0. The van der Waals surface area contributed by atoms with Gasteiger partial charge in [0.05, 0.1) is 10.7 Å². The summed E-state index contributed by atoms with van der Waals surface area (Å²) in [6.45, 7) is 10.9. The molecule has 1 heterocycles. The second kappa shape index (κ2) is 4.84. The van der Waals surface area contributed by atoms with Crippen molar-refractivity contribution in [3.8, 4) is 0 Å². The van der Waals surface area contributed by atoms with E-state index in [0.29, 0.717) is 0 Å². The average molecular weight is 240 g/mol. The number of nitrogens with zero attached hydrogens (tertiary/aromatic N) is 1. The van der Waals surface area contributed by atoms with Gasteiger partial charge in [-0.15, -0.1) is 11.3 Å². The summed E-state index contributed by atoms with van der Waals surface area (Å²) in [6, 6.07) is 0. The van der Waals surface area contributed by atoms with Crippen LogP contribution in [0.4, 0.5) is 0 Å². The molecule has 2 nitrogen and oxygen atoms in total. The van der Waals surface area contributed by atoms with Gasteiger partial charge in [-0.05, 0) is 13.3 Å². The fourth-order valence-corrected chi connectivity index (χ4v) is 2.96. The van der Waals surface area contributed by atoms with E-state index in [1.165, 1.54) is 10.7 Å². The topological polar surface area (TPSA) is 38.9 Å². The second-order valence-corrected chi connectivity index (χ2v) is 6.90. The van der Waals surface area contributed by atoms with Crippen LogP contribution in [0.3, 0.4) is 0 Å². The van der Waals surface area contributed by atoms with Crippen LogP contribution in [0.5, 0.6) is 0 Å². The molecule has 0 aliphatic rings. The summed E-state index contributed by atoms with van der Waals surface area (Å²) in [4.78, 5) is 4.69. The molecule has 1 aromatic rings. The molecule has 0 spiro atoms. The minimum absolute atomic E-state index is 0.109. The van der Waals surface area contributed by atoms with Crippen molar-refractivity contribution in [3.63, 3.8) is 0 Å². The van der Waals surface area contributed by atoms with Crippen molar-refractivity contribution < 1.29 is 0 Å². The number of thiazole rings is 1. The van der Waals surface area contributed by atoms with Crippen LogP contribution >= 0.6 is 11.3 Å². The Labute approximate surface area is 103 Å². The summed E-state index contributed by atoms with van der Waals surface area (Å²) in [5.41, 5.74) is 7.46. The van der Waals surface area contributed by atoms with Gasteiger partial charge in [0.15, 0.2) is 0 Å². The highest BCUT2D eigenvalue weighted by Gasteiger charge is 2.22. The van der Waals surface area contributed by atoms with Gasteiger partial charge in [-0.25, -0.2) is 4.98 Å². The molecule has 1 atom stereocenters. The second-order valence-electron chi connectivity index (χ2n) is 5.96. The van der Waals surface area contributed by atoms with E-state index in [0.717, 1.165) is 19.3 Å². The smallest absolute Gasteiger partial charge is 0.0946 e. The predicted octanol–water partition coefficient (Wildman–Crippen LogP) is 3.50. The van der Waals surface area contributed by atoms with Gasteiger partial charge >= 0.3 is 0 Å². The van der Waals surface area contributed by atoms with Crippen molar-refractivity contribution in [2.24, 2.45) is 5.73 Å². The van der Waals surface area contributed by atoms with Gasteiger partial charge in [0.2, 0.25) is 0 Å². The highest BCUT2D eigenvalue weighted by atomic mass is 32.1. The number of hydrogen-bond acceptors (Lipinski definition) is 3. The molecule has 1 aromatic heterocycles. The summed E-state index contributed by atoms with van der Waals surface area (Å²) >= 11 is 1.74. The maximum Gasteiger partial charge on any atom is 0.0946 e. The monoisotopic (exact) mass is 240 g/mol. The van der Waals surface area contributed by atoms with Crippen molar-refractivity contribution in [3.05, 3.63) is 16.1 Å². The van der Waals surface area contributed by atoms with Crippen LogP contribution in [0, 0.1) is 0 Å². The van der Waals surface area contributed by atoms with Crippen molar-refractivity contribution in [2.45, 2.75) is 64.8 Å². The highest BCUT2D eigenvalue weighted by molar-refractivity contribution is 7.09. The van der Waals surface area contributed by atoms with Crippen molar-refractivity contribution in [2.75, 3.05) is 0 Å². The predicted molar refractivity (Wildman–Crippen MR) is 72.0 cm³/mol. The molecule has 16 heavy (non-hydrogen) atoms. The third-order valence-electron chi connectivity index (χ3n) is 2.70. The summed E-state index contributed by atoms with van der Waals surface area (Å²) in [6.07, 6.45) is 3.07. The Kier molecular flexibility index (Phi) is 4.13. The molecular formula is C13H24N2S. The Balaban J connectivity index is 2.73. The third kappa shape index (κ3) is 3.87. The Morgan fingerprint density at radius 3 is 2.38 bits per heavy atom. The van der Waals surface area contributed by atoms with Gasteiger partial charge in [-0.2, -0.15) is 0 Å². The van der Waals surface area contributed by atoms with Crippen molar-refractivity contribution in [1.29, 1.82) is 0 Å². The van der Waals surface area contributed by atoms with E-state index in [9.17, 15) is 0 Å². The maximum absolute atomic E-state index is 6.24. The third-order valence-corrected chi connectivity index (χ3v) is 3.55. The van der Waals surface area contributed by atoms with E-state index in [1.807, 2.05) is 0 Å². The molecule has 0 aliphatic heterocycles. The van der Waals surface area contributed by atoms with E-state index in [-0.39, 0.29) is 11.0 Å². The molecule has 1 unspecified atom stereocenters. The van der Waals surface area contributed by atoms with Gasteiger partial charge in [-0.3, -0.25) is 0 Å². The van der Waals surface area contributed by atoms with Crippen LogP contribution in [0.1, 0.15) is 58.2 Å². The molecule has 0 fully saturated rings. The average Bonchev–Trinajstić information content (AvgIpc) is 2.50. The number of hydrogen-bond donors (Lipinski definition) is 1. The number of rotatable bonds is 4. The zero-order chi connectivity index (χ0) is 12.4. The largest absolute Gasteiger partial charge is 0.325 e. The van der Waals surface area contributed by atoms with E-state index < -0.39 is 0 Å². The molecule has 0 aromatic carbocycles. The van der Waals surface area contributed by atoms with E-state index in [1.54, 1.807) is 11.3 Å². The first-order valence-electron chi connectivity index (χ1n) is 5.98. The maximum atomic E-state index is 6.24. The SMILES string of the molecule is CCCC(C)(N)Cc1nc(C(C)(C)C)cs1. The summed E-state index contributed by atoms with van der Waals surface area (Å²) in [7, 11) is 0. The first-order valence-corrected chi connectivity index (χ1v) is 6.86. The zero-order valence-corrected chi connectivity index (χ0v) is 11.9. The lowest BCUT2D eigenvalue weighted by Gasteiger charge is -2.22. The van der Waals surface area contributed by atoms with Crippen molar-refractivity contribution in [1.82, 2.24) is 4.98 Å². The van der Waals surface area contributed by atoms with Gasteiger partial charge < -0.3 is 5.73 Å². The molecule has 3 heteroatoms. The molecule has 0 radical (unpaired) electrons. The molecule has 92 valence electrons. The normalized spacial score (nSPS) is 16.1. The Bertz CT molecular complexity index is 334. The first-order chi connectivity index (χ1) is 7.24. The lowest BCUT2D eigenvalue weighted by molar-refractivity contribution is 0.423. The van der Waals surface area contributed by atoms with Crippen LogP contribution in [0.2, 0.25) is 0 Å². The molecular weight excluding hydrogens is 216 g/mol. The fourth-order valence-electron chi connectivity index (χ4n) is 1.74. The fraction of sp³-hybridized carbons (Fsp3) is 0.769. The molecule has 0 saturated carbocycles. The number of nitrogens with two attached hydrogens (primary N) is 1. The summed E-state index contributed by atoms with van der Waals surface area (Å²) in [5, 5.41) is 3.33. The molecule has 2 N–H and O–H groups in total. The van der Waals surface area contributed by atoms with Gasteiger partial charge in [0, 0.05) is 22.8 Å². The molecule has 1 rings (SSSR count). The van der Waals surface area contributed by atoms with Crippen molar-refractivity contribution >= 4 is 11.3 Å². The molecule has 0 amide bonds. The highest BCUT2D eigenvalue weighted by Crippen LogP contribution is 2.26. The minimum atomic E-state index is -0.109. The van der Waals surface area contributed by atoms with Gasteiger partial charge in [0.25, 0.3) is 0 Å².